The standard InChI is InChI=1S/C16H21BrN4/c1-20-8-10-21(11-9-20)12-15-6-7-16(19-18-15)13-2-4-14(17)5-3-13/h2-7,16,19H,8-12H2,1H3. The van der Waals surface area contributed by atoms with Crippen molar-refractivity contribution >= 4 is 21.6 Å². The summed E-state index contributed by atoms with van der Waals surface area (Å²) in [7, 11) is 2.18. The van der Waals surface area contributed by atoms with E-state index in [1.54, 1.807) is 0 Å². The van der Waals surface area contributed by atoms with Gasteiger partial charge in [-0.2, -0.15) is 5.10 Å². The molecule has 1 N–H and O–H groups in total. The van der Waals surface area contributed by atoms with E-state index in [0.717, 1.165) is 42.9 Å². The highest BCUT2D eigenvalue weighted by atomic mass is 79.9. The molecule has 1 fully saturated rings. The van der Waals surface area contributed by atoms with E-state index in [1.165, 1.54) is 5.56 Å². The van der Waals surface area contributed by atoms with E-state index in [1.807, 2.05) is 0 Å². The van der Waals surface area contributed by atoms with Crippen LogP contribution < -0.4 is 5.43 Å². The Morgan fingerprint density at radius 2 is 1.90 bits per heavy atom. The van der Waals surface area contributed by atoms with Crippen LogP contribution in [-0.4, -0.2) is 55.3 Å². The average molecular weight is 349 g/mol. The second-order valence-corrected chi connectivity index (χ2v) is 6.62. The van der Waals surface area contributed by atoms with Gasteiger partial charge >= 0.3 is 0 Å². The van der Waals surface area contributed by atoms with E-state index in [0.29, 0.717) is 0 Å². The predicted molar refractivity (Wildman–Crippen MR) is 90.5 cm³/mol. The summed E-state index contributed by atoms with van der Waals surface area (Å²) in [5.74, 6) is 0. The first kappa shape index (κ1) is 14.8. The summed E-state index contributed by atoms with van der Waals surface area (Å²) in [6.45, 7) is 5.47. The Labute approximate surface area is 134 Å². The number of hydrogen-bond acceptors (Lipinski definition) is 4. The van der Waals surface area contributed by atoms with Crippen LogP contribution in [0.5, 0.6) is 0 Å². The average Bonchev–Trinajstić information content (AvgIpc) is 2.51. The Balaban J connectivity index is 1.55. The van der Waals surface area contributed by atoms with Gasteiger partial charge in [-0.05, 0) is 30.8 Å². The highest BCUT2D eigenvalue weighted by Gasteiger charge is 2.17. The van der Waals surface area contributed by atoms with Gasteiger partial charge in [-0.25, -0.2) is 0 Å². The zero-order valence-electron chi connectivity index (χ0n) is 12.3. The lowest BCUT2D eigenvalue weighted by Gasteiger charge is -2.32. The molecule has 3 rings (SSSR count). The van der Waals surface area contributed by atoms with Crippen LogP contribution in [0.15, 0.2) is 46.0 Å². The van der Waals surface area contributed by atoms with Gasteiger partial charge < -0.3 is 4.90 Å². The van der Waals surface area contributed by atoms with Crippen molar-refractivity contribution in [3.05, 3.63) is 46.5 Å². The van der Waals surface area contributed by atoms with Gasteiger partial charge in [0.2, 0.25) is 0 Å². The number of nitrogens with one attached hydrogen (secondary N) is 1. The Bertz CT molecular complexity index is 530. The molecule has 2 heterocycles. The van der Waals surface area contributed by atoms with Crippen molar-refractivity contribution < 1.29 is 0 Å². The molecule has 5 heteroatoms. The normalized spacial score (nSPS) is 23.7. The Kier molecular flexibility index (Phi) is 4.73. The molecule has 4 nitrogen and oxygen atoms in total. The van der Waals surface area contributed by atoms with Crippen LogP contribution in [0.3, 0.4) is 0 Å². The molecule has 1 unspecified atom stereocenters. The second kappa shape index (κ2) is 6.73. The van der Waals surface area contributed by atoms with Crippen molar-refractivity contribution in [2.24, 2.45) is 5.10 Å². The van der Waals surface area contributed by atoms with Crippen LogP contribution in [-0.2, 0) is 0 Å². The van der Waals surface area contributed by atoms with E-state index in [9.17, 15) is 0 Å². The first-order chi connectivity index (χ1) is 10.2. The molecule has 0 spiro atoms. The number of hydrazone groups is 1. The largest absolute Gasteiger partial charge is 0.304 e. The van der Waals surface area contributed by atoms with Gasteiger partial charge in [0.15, 0.2) is 0 Å². The van der Waals surface area contributed by atoms with Crippen LogP contribution in [0.4, 0.5) is 0 Å². The third-order valence-electron chi connectivity index (χ3n) is 4.04. The number of likely N-dealkylation sites (N-methyl/N-ethyl adjacent to an activating group) is 1. The van der Waals surface area contributed by atoms with Crippen molar-refractivity contribution in [2.75, 3.05) is 39.8 Å². The van der Waals surface area contributed by atoms with E-state index in [4.69, 9.17) is 0 Å². The molecule has 0 aliphatic carbocycles. The minimum absolute atomic E-state index is 0.175. The SMILES string of the molecule is CN1CCN(CC2=NNC(c3ccc(Br)cc3)C=C2)CC1. The van der Waals surface area contributed by atoms with Crippen molar-refractivity contribution in [3.8, 4) is 0 Å². The molecular weight excluding hydrogens is 328 g/mol. The lowest BCUT2D eigenvalue weighted by molar-refractivity contribution is 0.170. The van der Waals surface area contributed by atoms with Gasteiger partial charge in [-0.1, -0.05) is 34.1 Å². The fraction of sp³-hybridized carbons (Fsp3) is 0.438. The Hall–Kier alpha value is -1.17. The maximum Gasteiger partial charge on any atom is 0.0874 e. The van der Waals surface area contributed by atoms with Crippen molar-refractivity contribution in [1.82, 2.24) is 15.2 Å². The molecule has 1 saturated heterocycles. The molecule has 1 aromatic carbocycles. The van der Waals surface area contributed by atoms with Gasteiger partial charge in [0.25, 0.3) is 0 Å². The highest BCUT2D eigenvalue weighted by molar-refractivity contribution is 9.10. The van der Waals surface area contributed by atoms with Crippen LogP contribution in [0.25, 0.3) is 0 Å². The predicted octanol–water partition coefficient (Wildman–Crippen LogP) is 2.25. The minimum Gasteiger partial charge on any atom is -0.304 e. The van der Waals surface area contributed by atoms with Gasteiger partial charge in [-0.15, -0.1) is 0 Å². The topological polar surface area (TPSA) is 30.9 Å². The molecular formula is C16H21BrN4. The molecule has 0 radical (unpaired) electrons. The molecule has 1 aromatic rings. The maximum atomic E-state index is 4.54. The second-order valence-electron chi connectivity index (χ2n) is 5.70. The molecule has 0 aromatic heterocycles. The summed E-state index contributed by atoms with van der Waals surface area (Å²) >= 11 is 3.46. The Morgan fingerprint density at radius 3 is 2.52 bits per heavy atom. The lowest BCUT2D eigenvalue weighted by Crippen LogP contribution is -2.46. The summed E-state index contributed by atoms with van der Waals surface area (Å²) in [5.41, 5.74) is 5.60. The van der Waals surface area contributed by atoms with Crippen molar-refractivity contribution in [3.63, 3.8) is 0 Å². The molecule has 2 aliphatic rings. The van der Waals surface area contributed by atoms with Crippen LogP contribution in [0.2, 0.25) is 0 Å². The van der Waals surface area contributed by atoms with Crippen LogP contribution in [0, 0.1) is 0 Å². The summed E-state index contributed by atoms with van der Waals surface area (Å²) in [6.07, 6.45) is 4.35. The van der Waals surface area contributed by atoms with Crippen molar-refractivity contribution in [1.29, 1.82) is 0 Å². The number of piperazine rings is 1. The van der Waals surface area contributed by atoms with Gasteiger partial charge in [0.05, 0.1) is 11.8 Å². The number of hydrogen-bond donors (Lipinski definition) is 1. The van der Waals surface area contributed by atoms with Crippen molar-refractivity contribution in [2.45, 2.75) is 6.04 Å². The number of halogens is 1. The van der Waals surface area contributed by atoms with Gasteiger partial charge in [0, 0.05) is 37.2 Å². The molecule has 21 heavy (non-hydrogen) atoms. The van der Waals surface area contributed by atoms with E-state index in [-0.39, 0.29) is 6.04 Å². The quantitative estimate of drug-likeness (QED) is 0.908. The van der Waals surface area contributed by atoms with Crippen LogP contribution >= 0.6 is 15.9 Å². The van der Waals surface area contributed by atoms with E-state index < -0.39 is 0 Å². The highest BCUT2D eigenvalue weighted by Crippen LogP contribution is 2.19. The molecule has 0 bridgehead atoms. The monoisotopic (exact) mass is 348 g/mol. The fourth-order valence-electron chi connectivity index (χ4n) is 2.62. The molecule has 0 saturated carbocycles. The fourth-order valence-corrected chi connectivity index (χ4v) is 2.88. The number of rotatable bonds is 3. The van der Waals surface area contributed by atoms with E-state index in [2.05, 4.69) is 79.7 Å². The maximum absolute atomic E-state index is 4.54. The van der Waals surface area contributed by atoms with Gasteiger partial charge in [-0.3, -0.25) is 10.3 Å². The smallest absolute Gasteiger partial charge is 0.0874 e. The summed E-state index contributed by atoms with van der Waals surface area (Å²) < 4.78 is 1.10. The summed E-state index contributed by atoms with van der Waals surface area (Å²) in [5, 5.41) is 4.54. The summed E-state index contributed by atoms with van der Waals surface area (Å²) in [6, 6.07) is 8.54. The summed E-state index contributed by atoms with van der Waals surface area (Å²) in [4.78, 5) is 4.83. The zero-order chi connectivity index (χ0) is 14.7. The number of nitrogens with zero attached hydrogens (tertiary/aromatic N) is 3. The zero-order valence-corrected chi connectivity index (χ0v) is 13.9. The molecule has 1 atom stereocenters. The van der Waals surface area contributed by atoms with Crippen LogP contribution in [0.1, 0.15) is 11.6 Å². The first-order valence-corrected chi connectivity index (χ1v) is 8.17. The third kappa shape index (κ3) is 3.93. The van der Waals surface area contributed by atoms with Gasteiger partial charge in [0.1, 0.15) is 0 Å². The van der Waals surface area contributed by atoms with E-state index >= 15 is 0 Å². The third-order valence-corrected chi connectivity index (χ3v) is 4.57. The molecule has 112 valence electrons. The number of benzene rings is 1. The Morgan fingerprint density at radius 1 is 1.19 bits per heavy atom. The first-order valence-electron chi connectivity index (χ1n) is 7.37. The molecule has 0 amide bonds. The lowest BCUT2D eigenvalue weighted by atomic mass is 10.1. The minimum atomic E-state index is 0.175. The molecule has 2 aliphatic heterocycles.